The Bertz CT molecular complexity index is 1030. The van der Waals surface area contributed by atoms with Crippen LogP contribution in [0.1, 0.15) is 37.4 Å². The van der Waals surface area contributed by atoms with Crippen molar-refractivity contribution < 1.29 is 24.2 Å². The molecule has 1 saturated heterocycles. The lowest BCUT2D eigenvalue weighted by molar-refractivity contribution is -0.140. The van der Waals surface area contributed by atoms with Crippen LogP contribution in [0.4, 0.5) is 5.69 Å². The average molecular weight is 467 g/mol. The molecule has 7 nitrogen and oxygen atoms in total. The van der Waals surface area contributed by atoms with Gasteiger partial charge in [-0.05, 0) is 54.3 Å². The highest BCUT2D eigenvalue weighted by molar-refractivity contribution is 6.46. The number of hydrogen-bond donors (Lipinski definition) is 1. The van der Waals surface area contributed by atoms with Gasteiger partial charge in [-0.15, -0.1) is 0 Å². The Morgan fingerprint density at radius 3 is 2.26 bits per heavy atom. The van der Waals surface area contributed by atoms with Gasteiger partial charge in [0.05, 0.1) is 18.2 Å². The summed E-state index contributed by atoms with van der Waals surface area (Å²) in [6.45, 7) is 5.53. The molecule has 2 aromatic carbocycles. The first-order valence-electron chi connectivity index (χ1n) is 11.5. The van der Waals surface area contributed by atoms with Crippen LogP contribution < -0.4 is 9.64 Å². The van der Waals surface area contributed by atoms with Gasteiger partial charge in [-0.25, -0.2) is 0 Å². The lowest BCUT2D eigenvalue weighted by atomic mass is 9.95. The summed E-state index contributed by atoms with van der Waals surface area (Å²) in [5.74, 6) is -0.417. The Kier molecular flexibility index (Phi) is 8.34. The molecular weight excluding hydrogens is 432 g/mol. The topological polar surface area (TPSA) is 79.3 Å². The van der Waals surface area contributed by atoms with E-state index in [1.54, 1.807) is 31.4 Å². The molecule has 0 aliphatic carbocycles. The van der Waals surface area contributed by atoms with Crippen molar-refractivity contribution in [2.45, 2.75) is 26.3 Å². The van der Waals surface area contributed by atoms with E-state index in [0.717, 1.165) is 11.3 Å². The quantitative estimate of drug-likeness (QED) is 0.244. The summed E-state index contributed by atoms with van der Waals surface area (Å²) in [4.78, 5) is 29.6. The monoisotopic (exact) mass is 466 g/mol. The number of methoxy groups -OCH3 is 1. The number of ether oxygens (including phenoxy) is 2. The molecule has 1 unspecified atom stereocenters. The number of ketones is 1. The standard InChI is InChI=1S/C27H34N2O5/c1-18(2)17-34-22-13-9-20(10-14-22)25(30)23-24(19-7-11-21(12-8-19)28(3)4)29(15-6-16-33-5)27(32)26(23)31/h7-14,18,24,30H,6,15-17H2,1-5H3/b25-23-. The summed E-state index contributed by atoms with van der Waals surface area (Å²) in [5.41, 5.74) is 2.32. The van der Waals surface area contributed by atoms with E-state index in [0.29, 0.717) is 43.4 Å². The largest absolute Gasteiger partial charge is 0.507 e. The second-order valence-corrected chi connectivity index (χ2v) is 9.05. The van der Waals surface area contributed by atoms with Crippen LogP contribution in [-0.4, -0.2) is 62.7 Å². The maximum atomic E-state index is 13.1. The predicted octanol–water partition coefficient (Wildman–Crippen LogP) is 4.25. The molecule has 0 spiro atoms. The summed E-state index contributed by atoms with van der Waals surface area (Å²) < 4.78 is 10.9. The zero-order chi connectivity index (χ0) is 24.8. The van der Waals surface area contributed by atoms with E-state index in [2.05, 4.69) is 13.8 Å². The van der Waals surface area contributed by atoms with Crippen LogP contribution in [0.15, 0.2) is 54.1 Å². The Labute approximate surface area is 201 Å². The van der Waals surface area contributed by atoms with Crippen molar-refractivity contribution in [2.24, 2.45) is 5.92 Å². The molecule has 1 aliphatic rings. The van der Waals surface area contributed by atoms with Gasteiger partial charge in [0.25, 0.3) is 11.7 Å². The minimum Gasteiger partial charge on any atom is -0.507 e. The first-order valence-corrected chi connectivity index (χ1v) is 11.5. The number of anilines is 1. The molecule has 1 amide bonds. The van der Waals surface area contributed by atoms with Gasteiger partial charge in [0.2, 0.25) is 0 Å². The lowest BCUT2D eigenvalue weighted by Gasteiger charge is -2.26. The Hall–Kier alpha value is -3.32. The van der Waals surface area contributed by atoms with Crippen molar-refractivity contribution in [3.8, 4) is 5.75 Å². The maximum Gasteiger partial charge on any atom is 0.295 e. The number of amides is 1. The normalized spacial score (nSPS) is 17.5. The minimum atomic E-state index is -0.684. The Morgan fingerprint density at radius 1 is 1.06 bits per heavy atom. The average Bonchev–Trinajstić information content (AvgIpc) is 3.08. The van der Waals surface area contributed by atoms with Gasteiger partial charge < -0.3 is 24.4 Å². The fourth-order valence-electron chi connectivity index (χ4n) is 3.92. The molecule has 1 aliphatic heterocycles. The van der Waals surface area contributed by atoms with Crippen molar-refractivity contribution in [3.63, 3.8) is 0 Å². The van der Waals surface area contributed by atoms with Gasteiger partial charge in [-0.1, -0.05) is 26.0 Å². The number of aliphatic hydroxyl groups excluding tert-OH is 1. The van der Waals surface area contributed by atoms with Crippen LogP contribution >= 0.6 is 0 Å². The first-order chi connectivity index (χ1) is 16.2. The zero-order valence-corrected chi connectivity index (χ0v) is 20.6. The minimum absolute atomic E-state index is 0.0934. The number of aliphatic hydroxyl groups is 1. The fraction of sp³-hybridized carbons (Fsp3) is 0.407. The van der Waals surface area contributed by atoms with E-state index in [1.165, 1.54) is 4.90 Å². The SMILES string of the molecule is COCCCN1C(=O)C(=O)/C(=C(\O)c2ccc(OCC(C)C)cc2)C1c1ccc(N(C)C)cc1. The molecule has 1 N–H and O–H groups in total. The molecule has 182 valence electrons. The lowest BCUT2D eigenvalue weighted by Crippen LogP contribution is -2.31. The van der Waals surface area contributed by atoms with Crippen LogP contribution in [0, 0.1) is 5.92 Å². The van der Waals surface area contributed by atoms with Gasteiger partial charge in [0.1, 0.15) is 11.5 Å². The summed E-state index contributed by atoms with van der Waals surface area (Å²) >= 11 is 0. The third-order valence-electron chi connectivity index (χ3n) is 5.72. The highest BCUT2D eigenvalue weighted by Crippen LogP contribution is 2.40. The van der Waals surface area contributed by atoms with E-state index in [9.17, 15) is 14.7 Å². The van der Waals surface area contributed by atoms with Crippen molar-refractivity contribution in [1.82, 2.24) is 4.90 Å². The highest BCUT2D eigenvalue weighted by Gasteiger charge is 2.45. The highest BCUT2D eigenvalue weighted by atomic mass is 16.5. The number of rotatable bonds is 10. The molecule has 7 heteroatoms. The summed E-state index contributed by atoms with van der Waals surface area (Å²) in [7, 11) is 5.49. The number of carbonyl (C=O) groups is 2. The second-order valence-electron chi connectivity index (χ2n) is 9.05. The molecule has 1 fully saturated rings. The molecular formula is C27H34N2O5. The Balaban J connectivity index is 2.01. The summed E-state index contributed by atoms with van der Waals surface area (Å²) in [6, 6.07) is 13.9. The molecule has 0 bridgehead atoms. The third-order valence-corrected chi connectivity index (χ3v) is 5.72. The summed E-state index contributed by atoms with van der Waals surface area (Å²) in [6.07, 6.45) is 0.581. The van der Waals surface area contributed by atoms with Crippen molar-refractivity contribution in [2.75, 3.05) is 45.9 Å². The summed E-state index contributed by atoms with van der Waals surface area (Å²) in [5, 5.41) is 11.2. The third kappa shape index (κ3) is 5.59. The van der Waals surface area contributed by atoms with Crippen LogP contribution in [0.2, 0.25) is 0 Å². The van der Waals surface area contributed by atoms with Gasteiger partial charge in [0.15, 0.2) is 0 Å². The molecule has 2 aromatic rings. The fourth-order valence-corrected chi connectivity index (χ4v) is 3.92. The predicted molar refractivity (Wildman–Crippen MR) is 133 cm³/mol. The van der Waals surface area contributed by atoms with Gasteiger partial charge in [-0.3, -0.25) is 9.59 Å². The molecule has 0 radical (unpaired) electrons. The van der Waals surface area contributed by atoms with Crippen LogP contribution in [0.25, 0.3) is 5.76 Å². The molecule has 3 rings (SSSR count). The van der Waals surface area contributed by atoms with Crippen LogP contribution in [0.5, 0.6) is 5.75 Å². The molecule has 1 atom stereocenters. The van der Waals surface area contributed by atoms with E-state index in [-0.39, 0.29) is 11.3 Å². The number of nitrogens with zero attached hydrogens (tertiary/aromatic N) is 2. The first kappa shape index (κ1) is 25.3. The molecule has 0 saturated carbocycles. The molecule has 34 heavy (non-hydrogen) atoms. The van der Waals surface area contributed by atoms with E-state index in [4.69, 9.17) is 9.47 Å². The second kappa shape index (κ2) is 11.2. The Morgan fingerprint density at radius 2 is 1.71 bits per heavy atom. The van der Waals surface area contributed by atoms with Crippen molar-refractivity contribution in [1.29, 1.82) is 0 Å². The number of hydrogen-bond acceptors (Lipinski definition) is 6. The maximum absolute atomic E-state index is 13.1. The van der Waals surface area contributed by atoms with Crippen molar-refractivity contribution in [3.05, 3.63) is 65.2 Å². The van der Waals surface area contributed by atoms with E-state index >= 15 is 0 Å². The van der Waals surface area contributed by atoms with Crippen LogP contribution in [0.3, 0.4) is 0 Å². The number of Topliss-reactive ketones (excluding diaryl/α,β-unsaturated/α-hetero) is 1. The number of benzene rings is 2. The van der Waals surface area contributed by atoms with Gasteiger partial charge in [0, 0.05) is 45.6 Å². The zero-order valence-electron chi connectivity index (χ0n) is 20.6. The molecule has 1 heterocycles. The number of carbonyl (C=O) groups excluding carboxylic acids is 2. The van der Waals surface area contributed by atoms with E-state index < -0.39 is 17.7 Å². The van der Waals surface area contributed by atoms with E-state index in [1.807, 2.05) is 43.3 Å². The smallest absolute Gasteiger partial charge is 0.295 e. The van der Waals surface area contributed by atoms with Gasteiger partial charge >= 0.3 is 0 Å². The van der Waals surface area contributed by atoms with Gasteiger partial charge in [-0.2, -0.15) is 0 Å². The molecule has 0 aromatic heterocycles. The van der Waals surface area contributed by atoms with Crippen LogP contribution in [-0.2, 0) is 14.3 Å². The van der Waals surface area contributed by atoms with Crippen molar-refractivity contribution >= 4 is 23.1 Å². The number of likely N-dealkylation sites (tertiary alicyclic amines) is 1.